The number of nitrogens with one attached hydrogen (secondary N) is 1. The van der Waals surface area contributed by atoms with Crippen molar-refractivity contribution < 1.29 is 14.7 Å². The summed E-state index contributed by atoms with van der Waals surface area (Å²) in [5.74, 6) is 0.473. The predicted octanol–water partition coefficient (Wildman–Crippen LogP) is 1.96. The van der Waals surface area contributed by atoms with Gasteiger partial charge in [-0.25, -0.2) is 0 Å². The number of likely N-dealkylation sites (tertiary alicyclic amines) is 1. The number of β-amino-alcohol motifs (C(OH)–C–C–N with tert-alkyl or cyclic N) is 1. The van der Waals surface area contributed by atoms with E-state index in [1.807, 2.05) is 18.2 Å². The first-order chi connectivity index (χ1) is 11.6. The number of rotatable bonds is 4. The van der Waals surface area contributed by atoms with Crippen molar-refractivity contribution >= 4 is 11.8 Å². The number of piperidine rings is 1. The second-order valence-corrected chi connectivity index (χ2v) is 7.00. The Labute approximate surface area is 143 Å². The number of nitrogens with zero attached hydrogens (tertiary/aromatic N) is 1. The third-order valence-electron chi connectivity index (χ3n) is 5.19. The fraction of sp³-hybridized carbons (Fsp3) is 0.579. The van der Waals surface area contributed by atoms with Crippen molar-refractivity contribution in [2.75, 3.05) is 13.1 Å². The van der Waals surface area contributed by atoms with E-state index in [1.165, 1.54) is 12.8 Å². The van der Waals surface area contributed by atoms with Crippen LogP contribution in [0.4, 0.5) is 0 Å². The maximum Gasteiger partial charge on any atom is 0.253 e. The third kappa shape index (κ3) is 4.15. The van der Waals surface area contributed by atoms with Crippen molar-refractivity contribution in [1.29, 1.82) is 0 Å². The van der Waals surface area contributed by atoms with E-state index < -0.39 is 6.10 Å². The van der Waals surface area contributed by atoms with Gasteiger partial charge in [-0.3, -0.25) is 9.59 Å². The highest BCUT2D eigenvalue weighted by molar-refractivity contribution is 5.94. The Balaban J connectivity index is 1.49. The maximum atomic E-state index is 12.4. The molecule has 2 amide bonds. The molecule has 130 valence electrons. The van der Waals surface area contributed by atoms with Gasteiger partial charge < -0.3 is 15.3 Å². The lowest BCUT2D eigenvalue weighted by Crippen LogP contribution is -2.55. The molecule has 2 fully saturated rings. The smallest absolute Gasteiger partial charge is 0.253 e. The largest absolute Gasteiger partial charge is 0.389 e. The Morgan fingerprint density at radius 3 is 2.50 bits per heavy atom. The van der Waals surface area contributed by atoms with E-state index in [4.69, 9.17) is 0 Å². The average Bonchev–Trinajstić information content (AvgIpc) is 3.09. The third-order valence-corrected chi connectivity index (χ3v) is 5.19. The Hall–Kier alpha value is -1.88. The summed E-state index contributed by atoms with van der Waals surface area (Å²) in [4.78, 5) is 26.2. The van der Waals surface area contributed by atoms with Gasteiger partial charge in [-0.2, -0.15) is 0 Å². The van der Waals surface area contributed by atoms with Gasteiger partial charge in [0.05, 0.1) is 12.1 Å². The molecule has 2 aliphatic rings. The maximum absolute atomic E-state index is 12.4. The molecular formula is C19H26N2O3. The molecule has 0 bridgehead atoms. The molecule has 2 N–H and O–H groups in total. The molecule has 1 saturated heterocycles. The molecule has 0 radical (unpaired) electrons. The van der Waals surface area contributed by atoms with Crippen molar-refractivity contribution in [1.82, 2.24) is 10.2 Å². The zero-order valence-electron chi connectivity index (χ0n) is 14.0. The van der Waals surface area contributed by atoms with Gasteiger partial charge >= 0.3 is 0 Å². The zero-order chi connectivity index (χ0) is 16.9. The highest BCUT2D eigenvalue weighted by Gasteiger charge is 2.32. The predicted molar refractivity (Wildman–Crippen MR) is 91.5 cm³/mol. The number of hydrogen-bond donors (Lipinski definition) is 2. The van der Waals surface area contributed by atoms with E-state index in [9.17, 15) is 14.7 Å². The van der Waals surface area contributed by atoms with E-state index in [0.717, 1.165) is 12.8 Å². The van der Waals surface area contributed by atoms with Crippen LogP contribution in [0.5, 0.6) is 0 Å². The first kappa shape index (κ1) is 17.0. The van der Waals surface area contributed by atoms with Gasteiger partial charge in [0.1, 0.15) is 0 Å². The lowest BCUT2D eigenvalue weighted by molar-refractivity contribution is -0.124. The van der Waals surface area contributed by atoms with Crippen LogP contribution < -0.4 is 5.32 Å². The van der Waals surface area contributed by atoms with Crippen LogP contribution in [-0.4, -0.2) is 47.1 Å². The van der Waals surface area contributed by atoms with Crippen molar-refractivity contribution in [3.63, 3.8) is 0 Å². The summed E-state index contributed by atoms with van der Waals surface area (Å²) in [7, 11) is 0. The molecule has 1 aliphatic carbocycles. The zero-order valence-corrected chi connectivity index (χ0v) is 14.0. The molecule has 0 unspecified atom stereocenters. The quantitative estimate of drug-likeness (QED) is 0.887. The Morgan fingerprint density at radius 2 is 1.83 bits per heavy atom. The van der Waals surface area contributed by atoms with Crippen LogP contribution in [0.1, 0.15) is 48.9 Å². The first-order valence-corrected chi connectivity index (χ1v) is 8.95. The molecular weight excluding hydrogens is 304 g/mol. The molecule has 5 heteroatoms. The number of carbonyl (C=O) groups excluding carboxylic acids is 2. The molecule has 0 aromatic heterocycles. The summed E-state index contributed by atoms with van der Waals surface area (Å²) in [5, 5.41) is 13.3. The standard InChI is InChI=1S/C19H26N2O3/c22-17-13-21(19(24)15-8-2-1-3-9-15)11-10-16(17)20-18(23)12-14-6-4-5-7-14/h1-3,8-9,14,16-17,22H,4-7,10-13H2,(H,20,23)/t16-,17-/m1/s1. The molecule has 1 saturated carbocycles. The van der Waals surface area contributed by atoms with Crippen LogP contribution in [0, 0.1) is 5.92 Å². The number of benzene rings is 1. The van der Waals surface area contributed by atoms with Gasteiger partial charge in [0, 0.05) is 25.1 Å². The van der Waals surface area contributed by atoms with E-state index in [1.54, 1.807) is 17.0 Å². The Bertz CT molecular complexity index is 569. The fourth-order valence-corrected chi connectivity index (χ4v) is 3.79. The summed E-state index contributed by atoms with van der Waals surface area (Å²) < 4.78 is 0. The van der Waals surface area contributed by atoms with E-state index >= 15 is 0 Å². The molecule has 24 heavy (non-hydrogen) atoms. The second-order valence-electron chi connectivity index (χ2n) is 7.00. The normalized spacial score (nSPS) is 24.8. The van der Waals surface area contributed by atoms with Gasteiger partial charge in [-0.15, -0.1) is 0 Å². The Kier molecular flexibility index (Phi) is 5.51. The van der Waals surface area contributed by atoms with Crippen LogP contribution >= 0.6 is 0 Å². The Morgan fingerprint density at radius 1 is 1.12 bits per heavy atom. The summed E-state index contributed by atoms with van der Waals surface area (Å²) in [6.07, 6.45) is 5.17. The van der Waals surface area contributed by atoms with E-state index in [0.29, 0.717) is 30.9 Å². The van der Waals surface area contributed by atoms with Crippen LogP contribution in [0.15, 0.2) is 30.3 Å². The fourth-order valence-electron chi connectivity index (χ4n) is 3.79. The van der Waals surface area contributed by atoms with Crippen molar-refractivity contribution in [3.8, 4) is 0 Å². The van der Waals surface area contributed by atoms with Gasteiger partial charge in [0.2, 0.25) is 5.91 Å². The highest BCUT2D eigenvalue weighted by atomic mass is 16.3. The van der Waals surface area contributed by atoms with Crippen LogP contribution in [0.25, 0.3) is 0 Å². The average molecular weight is 330 g/mol. The summed E-state index contributed by atoms with van der Waals surface area (Å²) in [5.41, 5.74) is 0.633. The topological polar surface area (TPSA) is 69.6 Å². The minimum absolute atomic E-state index is 0.0359. The van der Waals surface area contributed by atoms with Crippen LogP contribution in [0.3, 0.4) is 0 Å². The van der Waals surface area contributed by atoms with Crippen molar-refractivity contribution in [2.24, 2.45) is 5.92 Å². The number of aliphatic hydroxyl groups is 1. The number of carbonyl (C=O) groups is 2. The van der Waals surface area contributed by atoms with Crippen molar-refractivity contribution in [2.45, 2.75) is 50.7 Å². The van der Waals surface area contributed by atoms with Gasteiger partial charge in [-0.1, -0.05) is 31.0 Å². The molecule has 2 atom stereocenters. The minimum atomic E-state index is -0.709. The molecule has 5 nitrogen and oxygen atoms in total. The van der Waals surface area contributed by atoms with E-state index in [2.05, 4.69) is 5.32 Å². The SMILES string of the molecule is O=C(CC1CCCC1)N[C@@H]1CCN(C(=O)c2ccccc2)C[C@H]1O. The van der Waals surface area contributed by atoms with Gasteiger partial charge in [-0.05, 0) is 37.3 Å². The number of amides is 2. The van der Waals surface area contributed by atoms with Crippen LogP contribution in [0.2, 0.25) is 0 Å². The lowest BCUT2D eigenvalue weighted by Gasteiger charge is -2.36. The van der Waals surface area contributed by atoms with Crippen molar-refractivity contribution in [3.05, 3.63) is 35.9 Å². The summed E-state index contributed by atoms with van der Waals surface area (Å²) in [6.45, 7) is 0.821. The van der Waals surface area contributed by atoms with Gasteiger partial charge in [0.15, 0.2) is 0 Å². The second kappa shape index (κ2) is 7.79. The number of hydrogen-bond acceptors (Lipinski definition) is 3. The monoisotopic (exact) mass is 330 g/mol. The van der Waals surface area contributed by atoms with Crippen LogP contribution in [-0.2, 0) is 4.79 Å². The van der Waals surface area contributed by atoms with Gasteiger partial charge in [0.25, 0.3) is 5.91 Å². The highest BCUT2D eigenvalue weighted by Crippen LogP contribution is 2.27. The molecule has 3 rings (SSSR count). The minimum Gasteiger partial charge on any atom is -0.389 e. The lowest BCUT2D eigenvalue weighted by atomic mass is 9.99. The molecule has 1 aliphatic heterocycles. The number of aliphatic hydroxyl groups excluding tert-OH is 1. The summed E-state index contributed by atoms with van der Waals surface area (Å²) >= 11 is 0. The molecule has 1 heterocycles. The van der Waals surface area contributed by atoms with E-state index in [-0.39, 0.29) is 24.4 Å². The molecule has 1 aromatic carbocycles. The molecule has 1 aromatic rings. The summed E-state index contributed by atoms with van der Waals surface area (Å²) in [6, 6.07) is 8.85. The first-order valence-electron chi connectivity index (χ1n) is 8.95. The molecule has 0 spiro atoms.